The van der Waals surface area contributed by atoms with Crippen molar-refractivity contribution in [3.63, 3.8) is 0 Å². The zero-order valence-corrected chi connectivity index (χ0v) is 24.0. The van der Waals surface area contributed by atoms with E-state index in [4.69, 9.17) is 18.9 Å². The summed E-state index contributed by atoms with van der Waals surface area (Å²) in [5, 5.41) is 5.70. The van der Waals surface area contributed by atoms with E-state index in [1.54, 1.807) is 0 Å². The van der Waals surface area contributed by atoms with Crippen LogP contribution in [0.4, 0.5) is 0 Å². The van der Waals surface area contributed by atoms with Crippen LogP contribution in [0.3, 0.4) is 0 Å². The molecule has 2 fully saturated rings. The normalized spacial score (nSPS) is 19.8. The highest BCUT2D eigenvalue weighted by atomic mass is 16.6. The fraction of sp³-hybridized carbons (Fsp3) is 0.786. The van der Waals surface area contributed by atoms with Crippen molar-refractivity contribution in [2.75, 3.05) is 0 Å². The van der Waals surface area contributed by atoms with E-state index in [1.807, 2.05) is 0 Å². The van der Waals surface area contributed by atoms with Crippen molar-refractivity contribution in [3.05, 3.63) is 0 Å². The summed E-state index contributed by atoms with van der Waals surface area (Å²) < 4.78 is 21.5. The smallest absolute Gasteiger partial charge is 0.303 e. The number of rotatable bonds is 11. The van der Waals surface area contributed by atoms with E-state index in [-0.39, 0.29) is 12.1 Å². The highest BCUT2D eigenvalue weighted by molar-refractivity contribution is 5.87. The van der Waals surface area contributed by atoms with Crippen molar-refractivity contribution >= 4 is 35.7 Å². The highest BCUT2D eigenvalue weighted by Crippen LogP contribution is 2.23. The van der Waals surface area contributed by atoms with Crippen LogP contribution in [0, 0.1) is 0 Å². The third-order valence-electron chi connectivity index (χ3n) is 7.03. The van der Waals surface area contributed by atoms with Gasteiger partial charge in [0.1, 0.15) is 0 Å². The molecule has 12 heteroatoms. The van der Waals surface area contributed by atoms with E-state index in [0.29, 0.717) is 25.7 Å². The number of esters is 4. The summed E-state index contributed by atoms with van der Waals surface area (Å²) in [4.78, 5) is 75.7. The minimum atomic E-state index is -1.79. The third kappa shape index (κ3) is 11.5. The Hall–Kier alpha value is -3.18. The molecule has 2 saturated carbocycles. The van der Waals surface area contributed by atoms with Crippen LogP contribution in [0.15, 0.2) is 0 Å². The standard InChI is InChI=1S/C28H44N2O10/c1-17(31)37-23(25(39-19(3)33)27(35)29-21-13-9-5-6-10-14-21)24(38-18(2)32)26(40-20(4)34)28(36)30-22-15-11-7-8-12-16-22/h21-26H,5-16H2,1-4H3,(H,29,35)(H,30,36)/t23-,24+,25-,26-/m0/s1. The summed E-state index contributed by atoms with van der Waals surface area (Å²) in [6, 6.07) is -0.415. The largest absolute Gasteiger partial charge is 0.454 e. The van der Waals surface area contributed by atoms with Crippen LogP contribution < -0.4 is 10.6 Å². The summed E-state index contributed by atoms with van der Waals surface area (Å²) >= 11 is 0. The number of hydrogen-bond acceptors (Lipinski definition) is 10. The molecule has 12 nitrogen and oxygen atoms in total. The molecule has 2 N–H and O–H groups in total. The lowest BCUT2D eigenvalue weighted by atomic mass is 9.98. The fourth-order valence-corrected chi connectivity index (χ4v) is 5.30. The number of nitrogens with one attached hydrogen (secondary N) is 2. The van der Waals surface area contributed by atoms with Gasteiger partial charge in [-0.25, -0.2) is 0 Å². The number of amides is 2. The average molecular weight is 569 g/mol. The summed E-state index contributed by atoms with van der Waals surface area (Å²) in [5.41, 5.74) is 0. The maximum absolute atomic E-state index is 13.5. The Morgan fingerprint density at radius 1 is 0.475 bits per heavy atom. The van der Waals surface area contributed by atoms with E-state index in [0.717, 1.165) is 79.1 Å². The topological polar surface area (TPSA) is 163 Å². The molecule has 226 valence electrons. The molecule has 2 rings (SSSR count). The maximum Gasteiger partial charge on any atom is 0.303 e. The molecule has 0 aromatic heterocycles. The Bertz CT molecular complexity index is 820. The van der Waals surface area contributed by atoms with Crippen molar-refractivity contribution < 1.29 is 47.7 Å². The zero-order valence-electron chi connectivity index (χ0n) is 24.0. The second-order valence-electron chi connectivity index (χ2n) is 10.6. The Morgan fingerprint density at radius 2 is 0.750 bits per heavy atom. The Morgan fingerprint density at radius 3 is 1.00 bits per heavy atom. The van der Waals surface area contributed by atoms with E-state index in [9.17, 15) is 28.8 Å². The molecule has 0 spiro atoms. The van der Waals surface area contributed by atoms with Gasteiger partial charge in [0.2, 0.25) is 12.2 Å². The summed E-state index contributed by atoms with van der Waals surface area (Å²) in [6.45, 7) is 4.25. The van der Waals surface area contributed by atoms with Crippen molar-refractivity contribution in [2.45, 2.75) is 141 Å². The molecule has 4 atom stereocenters. The number of carbonyl (C=O) groups excluding carboxylic acids is 6. The number of carbonyl (C=O) groups is 6. The zero-order chi connectivity index (χ0) is 29.7. The van der Waals surface area contributed by atoms with Crippen LogP contribution in [0.2, 0.25) is 0 Å². The van der Waals surface area contributed by atoms with E-state index < -0.39 is 60.1 Å². The molecule has 0 aromatic rings. The molecule has 40 heavy (non-hydrogen) atoms. The molecule has 0 radical (unpaired) electrons. The maximum atomic E-state index is 13.5. The minimum Gasteiger partial charge on any atom is -0.454 e. The minimum absolute atomic E-state index is 0.207. The first-order valence-electron chi connectivity index (χ1n) is 14.3. The summed E-state index contributed by atoms with van der Waals surface area (Å²) in [5.74, 6) is -5.09. The molecule has 0 unspecified atom stereocenters. The summed E-state index contributed by atoms with van der Waals surface area (Å²) in [7, 11) is 0. The lowest BCUT2D eigenvalue weighted by Crippen LogP contribution is -2.60. The van der Waals surface area contributed by atoms with Crippen LogP contribution in [0.5, 0.6) is 0 Å². The number of hydrogen-bond donors (Lipinski definition) is 2. The Kier molecular flexibility index (Phi) is 13.9. The van der Waals surface area contributed by atoms with Gasteiger partial charge in [0.05, 0.1) is 0 Å². The van der Waals surface area contributed by atoms with Crippen LogP contribution >= 0.6 is 0 Å². The SMILES string of the molecule is CC(=O)O[C@H]([C@H](OC(C)=O)[C@H](OC(C)=O)C(=O)NC1CCCCCC1)[C@H](OC(C)=O)C(=O)NC1CCCCCC1. The first kappa shape index (κ1) is 33.0. The quantitative estimate of drug-likeness (QED) is 0.215. The van der Waals surface area contributed by atoms with E-state index in [1.165, 1.54) is 0 Å². The van der Waals surface area contributed by atoms with Crippen LogP contribution in [0.1, 0.15) is 105 Å². The van der Waals surface area contributed by atoms with E-state index >= 15 is 0 Å². The second-order valence-corrected chi connectivity index (χ2v) is 10.6. The monoisotopic (exact) mass is 568 g/mol. The lowest BCUT2D eigenvalue weighted by molar-refractivity contribution is -0.200. The highest BCUT2D eigenvalue weighted by Gasteiger charge is 2.49. The van der Waals surface area contributed by atoms with Crippen LogP contribution in [-0.4, -0.2) is 72.2 Å². The molecular formula is C28H44N2O10. The van der Waals surface area contributed by atoms with Crippen molar-refractivity contribution in [3.8, 4) is 0 Å². The van der Waals surface area contributed by atoms with Gasteiger partial charge >= 0.3 is 23.9 Å². The van der Waals surface area contributed by atoms with E-state index in [2.05, 4.69) is 10.6 Å². The van der Waals surface area contributed by atoms with Gasteiger partial charge in [0.25, 0.3) is 11.8 Å². The molecule has 0 bridgehead atoms. The molecule has 2 amide bonds. The Balaban J connectivity index is 2.47. The summed E-state index contributed by atoms with van der Waals surface area (Å²) in [6.07, 6.45) is 3.43. The first-order chi connectivity index (χ1) is 19.0. The predicted octanol–water partition coefficient (Wildman–Crippen LogP) is 2.39. The fourth-order valence-electron chi connectivity index (χ4n) is 5.30. The van der Waals surface area contributed by atoms with Crippen molar-refractivity contribution in [2.24, 2.45) is 0 Å². The van der Waals surface area contributed by atoms with Gasteiger partial charge in [-0.3, -0.25) is 28.8 Å². The van der Waals surface area contributed by atoms with Gasteiger partial charge in [-0.2, -0.15) is 0 Å². The van der Waals surface area contributed by atoms with Gasteiger partial charge in [-0.05, 0) is 25.7 Å². The van der Waals surface area contributed by atoms with Gasteiger partial charge in [0, 0.05) is 39.8 Å². The van der Waals surface area contributed by atoms with Gasteiger partial charge < -0.3 is 29.6 Å². The van der Waals surface area contributed by atoms with Crippen molar-refractivity contribution in [1.29, 1.82) is 0 Å². The number of ether oxygens (including phenoxy) is 4. The third-order valence-corrected chi connectivity index (χ3v) is 7.03. The lowest BCUT2D eigenvalue weighted by Gasteiger charge is -2.35. The van der Waals surface area contributed by atoms with Gasteiger partial charge in [-0.1, -0.05) is 51.4 Å². The molecule has 0 aliphatic heterocycles. The molecule has 0 saturated heterocycles. The van der Waals surface area contributed by atoms with Gasteiger partial charge in [-0.15, -0.1) is 0 Å². The first-order valence-corrected chi connectivity index (χ1v) is 14.3. The van der Waals surface area contributed by atoms with Crippen LogP contribution in [-0.2, 0) is 47.7 Å². The molecule has 2 aliphatic carbocycles. The molecule has 2 aliphatic rings. The average Bonchev–Trinajstić information content (AvgIpc) is 3.28. The second kappa shape index (κ2) is 16.8. The van der Waals surface area contributed by atoms with Crippen LogP contribution in [0.25, 0.3) is 0 Å². The van der Waals surface area contributed by atoms with Gasteiger partial charge in [0.15, 0.2) is 12.2 Å². The molecular weight excluding hydrogens is 524 g/mol. The molecule has 0 heterocycles. The van der Waals surface area contributed by atoms with Crippen molar-refractivity contribution in [1.82, 2.24) is 10.6 Å². The predicted molar refractivity (Wildman–Crippen MR) is 141 cm³/mol. The Labute approximate surface area is 235 Å². The molecule has 0 aromatic carbocycles.